The fourth-order valence-electron chi connectivity index (χ4n) is 2.84. The summed E-state index contributed by atoms with van der Waals surface area (Å²) < 4.78 is 7.13. The summed E-state index contributed by atoms with van der Waals surface area (Å²) >= 11 is 1.65. The number of rotatable bonds is 6. The van der Waals surface area contributed by atoms with Gasteiger partial charge in [-0.25, -0.2) is 4.79 Å². The number of benzene rings is 1. The highest BCUT2D eigenvalue weighted by molar-refractivity contribution is 7.09. The maximum atomic E-state index is 12.4. The molecule has 0 saturated carbocycles. The van der Waals surface area contributed by atoms with Crippen molar-refractivity contribution in [2.45, 2.75) is 20.4 Å². The summed E-state index contributed by atoms with van der Waals surface area (Å²) in [6.07, 6.45) is 0. The van der Waals surface area contributed by atoms with Crippen LogP contribution in [-0.2, 0) is 16.1 Å². The van der Waals surface area contributed by atoms with Crippen LogP contribution in [0.5, 0.6) is 0 Å². The lowest BCUT2D eigenvalue weighted by Gasteiger charge is -2.09. The Hall–Kier alpha value is -3.19. The molecule has 2 amide bonds. The highest BCUT2D eigenvalue weighted by atomic mass is 32.1. The van der Waals surface area contributed by atoms with Crippen molar-refractivity contribution >= 4 is 29.1 Å². The van der Waals surface area contributed by atoms with E-state index in [0.29, 0.717) is 17.7 Å². The van der Waals surface area contributed by atoms with E-state index in [9.17, 15) is 14.4 Å². The number of esters is 1. The Morgan fingerprint density at radius 2 is 1.82 bits per heavy atom. The van der Waals surface area contributed by atoms with Crippen LogP contribution in [0.4, 0.5) is 0 Å². The van der Waals surface area contributed by atoms with Crippen LogP contribution in [0.3, 0.4) is 0 Å². The molecule has 0 aliphatic carbocycles. The molecule has 0 fully saturated rings. The second-order valence-corrected chi connectivity index (χ2v) is 7.30. The number of amides is 2. The van der Waals surface area contributed by atoms with Crippen LogP contribution in [0.15, 0.2) is 53.9 Å². The number of carbonyl (C=O) groups is 3. The molecule has 2 aromatic heterocycles. The van der Waals surface area contributed by atoms with Crippen LogP contribution in [0, 0.1) is 13.8 Å². The van der Waals surface area contributed by atoms with Crippen molar-refractivity contribution in [3.05, 3.63) is 81.3 Å². The third kappa shape index (κ3) is 4.55. The van der Waals surface area contributed by atoms with Crippen molar-refractivity contribution in [2.75, 3.05) is 6.61 Å². The first-order chi connectivity index (χ1) is 13.5. The Bertz CT molecular complexity index is 991. The van der Waals surface area contributed by atoms with Gasteiger partial charge in [0, 0.05) is 21.8 Å². The molecule has 1 N–H and O–H groups in total. The largest absolute Gasteiger partial charge is 0.452 e. The summed E-state index contributed by atoms with van der Waals surface area (Å²) in [5.74, 6) is -1.79. The lowest BCUT2D eigenvalue weighted by Crippen LogP contribution is -2.34. The minimum absolute atomic E-state index is 0.360. The molecule has 3 rings (SSSR count). The molecule has 0 radical (unpaired) electrons. The normalized spacial score (nSPS) is 10.5. The van der Waals surface area contributed by atoms with Gasteiger partial charge in [0.25, 0.3) is 11.8 Å². The van der Waals surface area contributed by atoms with Crippen LogP contribution in [0.2, 0.25) is 0 Å². The monoisotopic (exact) mass is 396 g/mol. The van der Waals surface area contributed by atoms with Crippen molar-refractivity contribution < 1.29 is 19.1 Å². The van der Waals surface area contributed by atoms with Gasteiger partial charge >= 0.3 is 5.97 Å². The molecule has 0 atom stereocenters. The number of imide groups is 1. The molecular formula is C21H20N2O4S. The molecule has 0 saturated heterocycles. The fourth-order valence-corrected chi connectivity index (χ4v) is 3.54. The van der Waals surface area contributed by atoms with Crippen LogP contribution in [-0.4, -0.2) is 29.0 Å². The zero-order chi connectivity index (χ0) is 20.1. The van der Waals surface area contributed by atoms with Gasteiger partial charge in [0.15, 0.2) is 6.61 Å². The van der Waals surface area contributed by atoms with Gasteiger partial charge in [0.05, 0.1) is 12.1 Å². The molecule has 0 spiro atoms. The molecule has 0 aliphatic rings. The number of nitrogens with zero attached hydrogens (tertiary/aromatic N) is 1. The van der Waals surface area contributed by atoms with Crippen LogP contribution >= 0.6 is 11.3 Å². The molecule has 0 unspecified atom stereocenters. The van der Waals surface area contributed by atoms with Crippen molar-refractivity contribution in [2.24, 2.45) is 0 Å². The highest BCUT2D eigenvalue weighted by Gasteiger charge is 2.19. The third-order valence-electron chi connectivity index (χ3n) is 4.31. The first-order valence-electron chi connectivity index (χ1n) is 8.71. The number of aryl methyl sites for hydroxylation is 1. The van der Waals surface area contributed by atoms with E-state index in [4.69, 9.17) is 4.74 Å². The molecule has 144 valence electrons. The van der Waals surface area contributed by atoms with E-state index in [1.165, 1.54) is 4.88 Å². The van der Waals surface area contributed by atoms with Crippen LogP contribution in [0.1, 0.15) is 37.0 Å². The van der Waals surface area contributed by atoms with Crippen molar-refractivity contribution in [1.29, 1.82) is 0 Å². The number of ether oxygens (including phenoxy) is 1. The van der Waals surface area contributed by atoms with E-state index in [-0.39, 0.29) is 0 Å². The van der Waals surface area contributed by atoms with Gasteiger partial charge in [-0.2, -0.15) is 0 Å². The smallest absolute Gasteiger partial charge is 0.340 e. The summed E-state index contributed by atoms with van der Waals surface area (Å²) in [5, 5.41) is 4.21. The Kier molecular flexibility index (Phi) is 6.06. The molecule has 0 aliphatic heterocycles. The van der Waals surface area contributed by atoms with E-state index in [1.807, 2.05) is 35.9 Å². The molecule has 3 aromatic rings. The number of thiophene rings is 1. The molecule has 1 aromatic carbocycles. The first-order valence-corrected chi connectivity index (χ1v) is 9.59. The number of hydrogen-bond donors (Lipinski definition) is 1. The van der Waals surface area contributed by atoms with Gasteiger partial charge < -0.3 is 9.30 Å². The molecule has 28 heavy (non-hydrogen) atoms. The van der Waals surface area contributed by atoms with Gasteiger partial charge in [0.1, 0.15) is 0 Å². The molecule has 6 nitrogen and oxygen atoms in total. The van der Waals surface area contributed by atoms with Gasteiger partial charge in [-0.1, -0.05) is 24.3 Å². The number of carbonyl (C=O) groups excluding carboxylic acids is 3. The predicted molar refractivity (Wildman–Crippen MR) is 107 cm³/mol. The summed E-state index contributed by atoms with van der Waals surface area (Å²) in [6, 6.07) is 14.1. The lowest BCUT2D eigenvalue weighted by atomic mass is 10.2. The maximum absolute atomic E-state index is 12.4. The third-order valence-corrected chi connectivity index (χ3v) is 5.17. The van der Waals surface area contributed by atoms with Gasteiger partial charge in [-0.15, -0.1) is 11.3 Å². The minimum atomic E-state index is -0.672. The zero-order valence-corrected chi connectivity index (χ0v) is 16.4. The quantitative estimate of drug-likeness (QED) is 0.649. The molecule has 7 heteroatoms. The second kappa shape index (κ2) is 8.67. The Morgan fingerprint density at radius 1 is 1.07 bits per heavy atom. The molecule has 2 heterocycles. The summed E-state index contributed by atoms with van der Waals surface area (Å²) in [6.45, 7) is 3.92. The standard InChI is InChI=1S/C21H20N2O4S/c1-14-11-18(15(2)23(14)12-17-9-6-10-28-17)21(26)27-13-19(24)22-20(25)16-7-4-3-5-8-16/h3-11H,12-13H2,1-2H3,(H,22,24,25). The van der Waals surface area contributed by atoms with Crippen molar-refractivity contribution in [1.82, 2.24) is 9.88 Å². The van der Waals surface area contributed by atoms with E-state index >= 15 is 0 Å². The lowest BCUT2D eigenvalue weighted by molar-refractivity contribution is -0.123. The zero-order valence-electron chi connectivity index (χ0n) is 15.6. The molecule has 0 bridgehead atoms. The van der Waals surface area contributed by atoms with E-state index in [0.717, 1.165) is 11.4 Å². The van der Waals surface area contributed by atoms with Gasteiger partial charge in [0.2, 0.25) is 0 Å². The Morgan fingerprint density at radius 3 is 2.50 bits per heavy atom. The topological polar surface area (TPSA) is 77.4 Å². The van der Waals surface area contributed by atoms with Crippen molar-refractivity contribution in [3.63, 3.8) is 0 Å². The molecular weight excluding hydrogens is 376 g/mol. The average Bonchev–Trinajstić information content (AvgIpc) is 3.30. The Labute approximate surface area is 166 Å². The van der Waals surface area contributed by atoms with Gasteiger partial charge in [-0.05, 0) is 43.5 Å². The fraction of sp³-hybridized carbons (Fsp3) is 0.190. The number of hydrogen-bond acceptors (Lipinski definition) is 5. The van der Waals surface area contributed by atoms with E-state index < -0.39 is 24.4 Å². The summed E-state index contributed by atoms with van der Waals surface area (Å²) in [7, 11) is 0. The minimum Gasteiger partial charge on any atom is -0.452 e. The van der Waals surface area contributed by atoms with Gasteiger partial charge in [-0.3, -0.25) is 14.9 Å². The van der Waals surface area contributed by atoms with Crippen LogP contribution < -0.4 is 5.32 Å². The summed E-state index contributed by atoms with van der Waals surface area (Å²) in [5.41, 5.74) is 2.48. The first kappa shape index (κ1) is 19.6. The summed E-state index contributed by atoms with van der Waals surface area (Å²) in [4.78, 5) is 37.4. The maximum Gasteiger partial charge on any atom is 0.340 e. The SMILES string of the molecule is Cc1cc(C(=O)OCC(=O)NC(=O)c2ccccc2)c(C)n1Cc1cccs1. The van der Waals surface area contributed by atoms with Crippen LogP contribution in [0.25, 0.3) is 0 Å². The predicted octanol–water partition coefficient (Wildman–Crippen LogP) is 3.33. The van der Waals surface area contributed by atoms with Crippen molar-refractivity contribution in [3.8, 4) is 0 Å². The Balaban J connectivity index is 1.59. The number of aromatic nitrogens is 1. The average molecular weight is 396 g/mol. The second-order valence-electron chi connectivity index (χ2n) is 6.27. The van der Waals surface area contributed by atoms with E-state index in [2.05, 4.69) is 5.32 Å². The number of nitrogens with one attached hydrogen (secondary N) is 1. The highest BCUT2D eigenvalue weighted by Crippen LogP contribution is 2.20. The van der Waals surface area contributed by atoms with E-state index in [1.54, 1.807) is 47.7 Å².